The van der Waals surface area contributed by atoms with Crippen molar-refractivity contribution >= 4 is 89.1 Å². The second-order valence-electron chi connectivity index (χ2n) is 22.8. The average Bonchev–Trinajstić information content (AvgIpc) is 3.67. The van der Waals surface area contributed by atoms with Crippen LogP contribution in [0.1, 0.15) is 73.9 Å². The first-order valence-corrected chi connectivity index (χ1v) is 33.4. The zero-order chi connectivity index (χ0) is 52.1. The fraction of sp³-hybridized carbons (Fsp3) is 0.167. The Morgan fingerprint density at radius 3 is 1.89 bits per heavy atom. The standard InChI is InChI=1S/C72H64N2Si2/c1-9-21-66-62(10-2)73(63-26-15-18-29-67(63)75(66,5)6)52-41-39-51(40-42-52)71-58-24-13-11-22-56(58)70(57-23-12-14-25-59(57)71)50-37-34-48(35-38-50)32-33-49-36-44-54-55-45-43-53(47-61(55)72(3,4)60(54)46-49)74-64-27-16-19-30-68(64)76(7,8)69-31-20-17-28-65(69)74/h9,11,13-19,21-22,24-30,32-47H,10,12,23H2,1-8H3. The molecule has 0 atom stereocenters. The van der Waals surface area contributed by atoms with Gasteiger partial charge >= 0.3 is 0 Å². The summed E-state index contributed by atoms with van der Waals surface area (Å²) in [6.07, 6.45) is 17.0. The van der Waals surface area contributed by atoms with E-state index in [4.69, 9.17) is 0 Å². The molecule has 0 bridgehead atoms. The van der Waals surface area contributed by atoms with E-state index < -0.39 is 16.1 Å². The molecule has 2 heterocycles. The van der Waals surface area contributed by atoms with Crippen molar-refractivity contribution < 1.29 is 0 Å². The molecule has 4 aliphatic rings. The number of rotatable bonds is 8. The molecule has 9 aromatic rings. The highest BCUT2D eigenvalue weighted by molar-refractivity contribution is 7.02. The highest BCUT2D eigenvalue weighted by atomic mass is 28.3. The quantitative estimate of drug-likeness (QED) is 0.111. The molecule has 0 amide bonds. The maximum Gasteiger partial charge on any atom is 0.128 e. The Kier molecular flexibility index (Phi) is 11.4. The van der Waals surface area contributed by atoms with Crippen molar-refractivity contribution in [2.45, 2.75) is 78.6 Å². The number of hydrogen-bond acceptors (Lipinski definition) is 2. The molecule has 0 saturated heterocycles. The van der Waals surface area contributed by atoms with Gasteiger partial charge < -0.3 is 9.80 Å². The van der Waals surface area contributed by atoms with E-state index >= 15 is 0 Å². The van der Waals surface area contributed by atoms with E-state index in [-0.39, 0.29) is 5.41 Å². The Bertz CT molecular complexity index is 3910. The Hall–Kier alpha value is -7.95. The molecule has 0 radical (unpaired) electrons. The minimum absolute atomic E-state index is 0.170. The Labute approximate surface area is 452 Å². The predicted octanol–water partition coefficient (Wildman–Crippen LogP) is 17.7. The third kappa shape index (κ3) is 7.35. The smallest absolute Gasteiger partial charge is 0.128 e. The first-order valence-electron chi connectivity index (χ1n) is 27.4. The Balaban J connectivity index is 0.801. The van der Waals surface area contributed by atoms with E-state index in [1.165, 1.54) is 132 Å². The summed E-state index contributed by atoms with van der Waals surface area (Å²) in [5.74, 6) is 0. The summed E-state index contributed by atoms with van der Waals surface area (Å²) in [6.45, 7) is 19.1. The van der Waals surface area contributed by atoms with Crippen molar-refractivity contribution in [2.24, 2.45) is 0 Å². The molecule has 0 aromatic heterocycles. The molecule has 4 heteroatoms. The second kappa shape index (κ2) is 18.1. The lowest BCUT2D eigenvalue weighted by Crippen LogP contribution is -2.58. The monoisotopic (exact) mass is 1010 g/mol. The SMILES string of the molecule is CC=CC1=C(CC)N(c2ccc(-c3c4c(c(-c5ccc(C=Cc6ccc7c(c6)C(C)(C)c6cc(N8c9ccc#cc9[Si](C)(C)c9ccccc98)ccc6-7)cc5)c5ccccc35)CCC=C4)cc2)c2ccccc2[Si]1(C)C. The Morgan fingerprint density at radius 2 is 1.17 bits per heavy atom. The third-order valence-electron chi connectivity index (χ3n) is 17.4. The van der Waals surface area contributed by atoms with E-state index in [1.54, 1.807) is 0 Å². The number of anilines is 5. The van der Waals surface area contributed by atoms with Gasteiger partial charge in [0.05, 0.1) is 5.69 Å². The van der Waals surface area contributed by atoms with Crippen molar-refractivity contribution in [1.82, 2.24) is 0 Å². The summed E-state index contributed by atoms with van der Waals surface area (Å²) < 4.78 is 0. The van der Waals surface area contributed by atoms with Crippen LogP contribution in [-0.2, 0) is 11.8 Å². The summed E-state index contributed by atoms with van der Waals surface area (Å²) in [5, 5.41) is 8.37. The van der Waals surface area contributed by atoms with Crippen molar-refractivity contribution in [3.05, 3.63) is 244 Å². The van der Waals surface area contributed by atoms with Gasteiger partial charge in [-0.3, -0.25) is 0 Å². The zero-order valence-electron chi connectivity index (χ0n) is 45.1. The van der Waals surface area contributed by atoms with Crippen LogP contribution in [0.5, 0.6) is 0 Å². The topological polar surface area (TPSA) is 6.48 Å². The van der Waals surface area contributed by atoms with Gasteiger partial charge in [0.15, 0.2) is 0 Å². The lowest BCUT2D eigenvalue weighted by atomic mass is 9.80. The van der Waals surface area contributed by atoms with Gasteiger partial charge in [0.1, 0.15) is 16.1 Å². The molecule has 370 valence electrons. The maximum atomic E-state index is 3.57. The molecule has 9 aromatic carbocycles. The highest BCUT2D eigenvalue weighted by Gasteiger charge is 2.42. The van der Waals surface area contributed by atoms with Gasteiger partial charge in [-0.05, 0) is 168 Å². The predicted molar refractivity (Wildman–Crippen MR) is 332 cm³/mol. The first-order chi connectivity index (χ1) is 36.9. The van der Waals surface area contributed by atoms with Gasteiger partial charge in [0.2, 0.25) is 0 Å². The van der Waals surface area contributed by atoms with Crippen LogP contribution in [0.15, 0.2) is 199 Å². The van der Waals surface area contributed by atoms with Gasteiger partial charge in [-0.2, -0.15) is 0 Å². The lowest BCUT2D eigenvalue weighted by Gasteiger charge is -2.42. The largest absolute Gasteiger partial charge is 0.314 e. The molecule has 2 nitrogen and oxygen atoms in total. The number of nitrogens with zero attached hydrogens (tertiary/aromatic N) is 2. The number of fused-ring (bicyclic) bond motifs is 8. The van der Waals surface area contributed by atoms with Crippen LogP contribution >= 0.6 is 0 Å². The van der Waals surface area contributed by atoms with Crippen LogP contribution in [0.2, 0.25) is 26.2 Å². The lowest BCUT2D eigenvalue weighted by molar-refractivity contribution is 0.660. The van der Waals surface area contributed by atoms with E-state index in [9.17, 15) is 0 Å². The summed E-state index contributed by atoms with van der Waals surface area (Å²) >= 11 is 0. The van der Waals surface area contributed by atoms with Crippen LogP contribution < -0.4 is 25.4 Å². The van der Waals surface area contributed by atoms with E-state index in [0.717, 1.165) is 19.3 Å². The summed E-state index contributed by atoms with van der Waals surface area (Å²) in [7, 11) is -3.84. The van der Waals surface area contributed by atoms with Crippen molar-refractivity contribution in [3.63, 3.8) is 0 Å². The fourth-order valence-corrected chi connectivity index (χ4v) is 19.7. The molecule has 0 unspecified atom stereocenters. The van der Waals surface area contributed by atoms with E-state index in [1.807, 2.05) is 6.07 Å². The van der Waals surface area contributed by atoms with Crippen LogP contribution in [0.25, 0.3) is 62.4 Å². The van der Waals surface area contributed by atoms with Gasteiger partial charge in [0, 0.05) is 39.0 Å². The molecule has 0 saturated carbocycles. The molecule has 0 spiro atoms. The highest BCUT2D eigenvalue weighted by Crippen LogP contribution is 2.52. The van der Waals surface area contributed by atoms with Gasteiger partial charge in [-0.1, -0.05) is 217 Å². The third-order valence-corrected chi connectivity index (χ3v) is 24.4. The van der Waals surface area contributed by atoms with Crippen LogP contribution in [0, 0.1) is 12.1 Å². The van der Waals surface area contributed by atoms with Crippen LogP contribution in [0.4, 0.5) is 28.4 Å². The summed E-state index contributed by atoms with van der Waals surface area (Å²) in [6, 6.07) is 71.2. The number of allylic oxidation sites excluding steroid dienone is 5. The molecule has 0 N–H and O–H groups in total. The normalized spacial score (nSPS) is 16.3. The molecular formula is C72H64N2Si2. The molecule has 0 fully saturated rings. The van der Waals surface area contributed by atoms with Crippen molar-refractivity contribution in [3.8, 4) is 33.4 Å². The van der Waals surface area contributed by atoms with Gasteiger partial charge in [0.25, 0.3) is 0 Å². The van der Waals surface area contributed by atoms with Gasteiger partial charge in [-0.15, -0.1) is 0 Å². The van der Waals surface area contributed by atoms with Crippen LogP contribution in [0.3, 0.4) is 0 Å². The fourth-order valence-electron chi connectivity index (χ4n) is 13.6. The number of benzene rings is 8. The average molecular weight is 1010 g/mol. The minimum atomic E-state index is -1.95. The minimum Gasteiger partial charge on any atom is -0.314 e. The number of para-hydroxylation sites is 2. The molecular weight excluding hydrogens is 949 g/mol. The van der Waals surface area contributed by atoms with Crippen LogP contribution in [-0.4, -0.2) is 16.1 Å². The zero-order valence-corrected chi connectivity index (χ0v) is 47.1. The summed E-state index contributed by atoms with van der Waals surface area (Å²) in [5.41, 5.74) is 23.3. The van der Waals surface area contributed by atoms with Crippen molar-refractivity contribution in [2.75, 3.05) is 9.80 Å². The van der Waals surface area contributed by atoms with Gasteiger partial charge in [-0.25, -0.2) is 0 Å². The molecule has 2 aliphatic heterocycles. The van der Waals surface area contributed by atoms with Crippen molar-refractivity contribution in [1.29, 1.82) is 0 Å². The molecule has 76 heavy (non-hydrogen) atoms. The second-order valence-corrected chi connectivity index (χ2v) is 31.4. The Morgan fingerprint density at radius 1 is 0.579 bits per heavy atom. The summed E-state index contributed by atoms with van der Waals surface area (Å²) in [4.78, 5) is 5.00. The molecule has 13 rings (SSSR count). The number of hydrogen-bond donors (Lipinski definition) is 0. The van der Waals surface area contributed by atoms with E-state index in [2.05, 4.69) is 276 Å². The molecule has 2 aliphatic carbocycles. The van der Waals surface area contributed by atoms with E-state index in [0.29, 0.717) is 0 Å². The first kappa shape index (κ1) is 47.7. The maximum absolute atomic E-state index is 3.57.